The van der Waals surface area contributed by atoms with Gasteiger partial charge < -0.3 is 5.11 Å². The number of carbonyl (C=O) groups is 1. The fourth-order valence-electron chi connectivity index (χ4n) is 3.62. The molecule has 1 unspecified atom stereocenters. The van der Waals surface area contributed by atoms with Crippen LogP contribution in [0.4, 0.5) is 0 Å². The lowest BCUT2D eigenvalue weighted by atomic mass is 9.96. The molecule has 23 heavy (non-hydrogen) atoms. The number of carboxylic acids is 1. The van der Waals surface area contributed by atoms with Crippen LogP contribution in [0.2, 0.25) is 0 Å². The van der Waals surface area contributed by atoms with E-state index >= 15 is 0 Å². The lowest BCUT2D eigenvalue weighted by molar-refractivity contribution is -0.142. The van der Waals surface area contributed by atoms with Crippen LogP contribution >= 0.6 is 0 Å². The second-order valence-corrected chi connectivity index (χ2v) is 7.67. The number of unbranched alkanes of at least 4 members (excludes halogenated alkanes) is 13. The smallest absolute Gasteiger partial charge is 0.306 e. The van der Waals surface area contributed by atoms with E-state index in [0.29, 0.717) is 5.92 Å². The molecule has 0 aliphatic heterocycles. The quantitative estimate of drug-likeness (QED) is 0.293. The Kier molecular flexibility index (Phi) is 12.4. The van der Waals surface area contributed by atoms with Gasteiger partial charge in [0.2, 0.25) is 0 Å². The summed E-state index contributed by atoms with van der Waals surface area (Å²) in [5.41, 5.74) is 0. The van der Waals surface area contributed by atoms with Gasteiger partial charge in [0.15, 0.2) is 0 Å². The molecule has 2 heteroatoms. The van der Waals surface area contributed by atoms with Crippen molar-refractivity contribution in [1.82, 2.24) is 0 Å². The van der Waals surface area contributed by atoms with Crippen LogP contribution in [0, 0.1) is 11.8 Å². The molecule has 0 amide bonds. The molecule has 0 aromatic rings. The zero-order valence-corrected chi connectivity index (χ0v) is 15.5. The van der Waals surface area contributed by atoms with Gasteiger partial charge in [-0.3, -0.25) is 4.79 Å². The maximum Gasteiger partial charge on any atom is 0.306 e. The van der Waals surface area contributed by atoms with Crippen molar-refractivity contribution in [3.63, 3.8) is 0 Å². The summed E-state index contributed by atoms with van der Waals surface area (Å²) in [7, 11) is 0. The van der Waals surface area contributed by atoms with Gasteiger partial charge in [0.05, 0.1) is 5.92 Å². The molecule has 0 heterocycles. The zero-order valence-electron chi connectivity index (χ0n) is 15.5. The predicted octanol–water partition coefficient (Wildman–Crippen LogP) is 6.97. The molecular weight excluding hydrogens is 284 g/mol. The summed E-state index contributed by atoms with van der Waals surface area (Å²) in [6.07, 6.45) is 22.3. The topological polar surface area (TPSA) is 37.3 Å². The fraction of sp³-hybridized carbons (Fsp3) is 0.952. The summed E-state index contributed by atoms with van der Waals surface area (Å²) in [6, 6.07) is 0. The number of carboxylic acid groups (broad SMARTS) is 1. The van der Waals surface area contributed by atoms with Crippen LogP contribution in [0.25, 0.3) is 0 Å². The van der Waals surface area contributed by atoms with Gasteiger partial charge in [-0.2, -0.15) is 0 Å². The zero-order chi connectivity index (χ0) is 16.8. The van der Waals surface area contributed by atoms with Crippen molar-refractivity contribution in [2.24, 2.45) is 11.8 Å². The Hall–Kier alpha value is -0.530. The Morgan fingerprint density at radius 1 is 0.783 bits per heavy atom. The van der Waals surface area contributed by atoms with Crippen molar-refractivity contribution < 1.29 is 9.90 Å². The number of hydrogen-bond acceptors (Lipinski definition) is 1. The predicted molar refractivity (Wildman–Crippen MR) is 98.8 cm³/mol. The van der Waals surface area contributed by atoms with E-state index in [2.05, 4.69) is 6.92 Å². The molecule has 1 N–H and O–H groups in total. The SMILES string of the molecule is CCCCCCCCCCCCCCCCC(C(=O)O)C1CC1. The van der Waals surface area contributed by atoms with Gasteiger partial charge in [0.25, 0.3) is 0 Å². The molecular formula is C21H40O2. The molecule has 2 nitrogen and oxygen atoms in total. The highest BCUT2D eigenvalue weighted by molar-refractivity contribution is 5.70. The van der Waals surface area contributed by atoms with E-state index in [9.17, 15) is 9.90 Å². The van der Waals surface area contributed by atoms with Crippen LogP contribution in [0.1, 0.15) is 116 Å². The highest BCUT2D eigenvalue weighted by Crippen LogP contribution is 2.39. The first-order valence-electron chi connectivity index (χ1n) is 10.5. The molecule has 1 fully saturated rings. The molecule has 0 saturated heterocycles. The van der Waals surface area contributed by atoms with E-state index in [1.165, 1.54) is 83.5 Å². The first-order chi connectivity index (χ1) is 11.3. The second-order valence-electron chi connectivity index (χ2n) is 7.67. The third-order valence-corrected chi connectivity index (χ3v) is 5.38. The highest BCUT2D eigenvalue weighted by atomic mass is 16.4. The van der Waals surface area contributed by atoms with Crippen molar-refractivity contribution in [2.75, 3.05) is 0 Å². The van der Waals surface area contributed by atoms with Gasteiger partial charge in [-0.25, -0.2) is 0 Å². The molecule has 0 bridgehead atoms. The molecule has 0 aromatic heterocycles. The molecule has 0 spiro atoms. The average molecular weight is 325 g/mol. The minimum absolute atomic E-state index is 0.0349. The van der Waals surface area contributed by atoms with Crippen LogP contribution in [0.3, 0.4) is 0 Å². The van der Waals surface area contributed by atoms with Crippen LogP contribution in [-0.4, -0.2) is 11.1 Å². The molecule has 1 atom stereocenters. The van der Waals surface area contributed by atoms with E-state index in [1.807, 2.05) is 0 Å². The normalized spacial score (nSPS) is 15.7. The third kappa shape index (κ3) is 11.6. The molecule has 0 radical (unpaired) electrons. The summed E-state index contributed by atoms with van der Waals surface area (Å²) in [4.78, 5) is 11.1. The minimum atomic E-state index is -0.554. The molecule has 0 aromatic carbocycles. The number of rotatable bonds is 17. The first kappa shape index (κ1) is 20.5. The Morgan fingerprint density at radius 3 is 1.52 bits per heavy atom. The third-order valence-electron chi connectivity index (χ3n) is 5.38. The van der Waals surface area contributed by atoms with Gasteiger partial charge in [-0.1, -0.05) is 96.8 Å². The Labute approximate surface area is 144 Å². The summed E-state index contributed by atoms with van der Waals surface area (Å²) in [5.74, 6) is -0.0796. The highest BCUT2D eigenvalue weighted by Gasteiger charge is 2.35. The van der Waals surface area contributed by atoms with Gasteiger partial charge in [0.1, 0.15) is 0 Å². The van der Waals surface area contributed by atoms with Crippen molar-refractivity contribution in [3.05, 3.63) is 0 Å². The van der Waals surface area contributed by atoms with E-state index < -0.39 is 5.97 Å². The van der Waals surface area contributed by atoms with Crippen molar-refractivity contribution in [2.45, 2.75) is 116 Å². The largest absolute Gasteiger partial charge is 0.481 e. The summed E-state index contributed by atoms with van der Waals surface area (Å²) in [6.45, 7) is 2.28. The van der Waals surface area contributed by atoms with E-state index in [1.54, 1.807) is 0 Å². The standard InChI is InChI=1S/C21H40O2/c1-2-3-4-5-6-7-8-9-10-11-12-13-14-15-16-20(21(22)23)19-17-18-19/h19-20H,2-18H2,1H3,(H,22,23). The van der Waals surface area contributed by atoms with Crippen LogP contribution in [0.15, 0.2) is 0 Å². The summed E-state index contributed by atoms with van der Waals surface area (Å²) < 4.78 is 0. The molecule has 136 valence electrons. The van der Waals surface area contributed by atoms with E-state index in [4.69, 9.17) is 0 Å². The minimum Gasteiger partial charge on any atom is -0.481 e. The summed E-state index contributed by atoms with van der Waals surface area (Å²) in [5, 5.41) is 9.19. The lowest BCUT2D eigenvalue weighted by Crippen LogP contribution is -2.15. The average Bonchev–Trinajstić information content (AvgIpc) is 3.35. The summed E-state index contributed by atoms with van der Waals surface area (Å²) >= 11 is 0. The van der Waals surface area contributed by atoms with Crippen molar-refractivity contribution in [1.29, 1.82) is 0 Å². The Bertz CT molecular complexity index is 284. The van der Waals surface area contributed by atoms with Crippen LogP contribution in [-0.2, 0) is 4.79 Å². The first-order valence-corrected chi connectivity index (χ1v) is 10.5. The van der Waals surface area contributed by atoms with Crippen molar-refractivity contribution in [3.8, 4) is 0 Å². The monoisotopic (exact) mass is 324 g/mol. The maximum absolute atomic E-state index is 11.1. The van der Waals surface area contributed by atoms with Crippen molar-refractivity contribution >= 4 is 5.97 Å². The molecule has 1 rings (SSSR count). The number of hydrogen-bond donors (Lipinski definition) is 1. The van der Waals surface area contributed by atoms with Gasteiger partial charge >= 0.3 is 5.97 Å². The van der Waals surface area contributed by atoms with Crippen LogP contribution in [0.5, 0.6) is 0 Å². The maximum atomic E-state index is 11.1. The van der Waals surface area contributed by atoms with Crippen LogP contribution < -0.4 is 0 Å². The Balaban J connectivity index is 1.75. The van der Waals surface area contributed by atoms with Gasteiger partial charge in [0, 0.05) is 0 Å². The van der Waals surface area contributed by atoms with Gasteiger partial charge in [-0.05, 0) is 25.2 Å². The van der Waals surface area contributed by atoms with E-state index in [-0.39, 0.29) is 5.92 Å². The number of aliphatic carboxylic acids is 1. The van der Waals surface area contributed by atoms with E-state index in [0.717, 1.165) is 25.7 Å². The second kappa shape index (κ2) is 13.9. The molecule has 1 aliphatic carbocycles. The lowest BCUT2D eigenvalue weighted by Gasteiger charge is -2.10. The molecule has 1 saturated carbocycles. The Morgan fingerprint density at radius 2 is 1.17 bits per heavy atom. The molecule has 1 aliphatic rings. The van der Waals surface area contributed by atoms with Gasteiger partial charge in [-0.15, -0.1) is 0 Å². The fourth-order valence-corrected chi connectivity index (χ4v) is 3.62.